The van der Waals surface area contributed by atoms with Crippen LogP contribution >= 0.6 is 0 Å². The van der Waals surface area contributed by atoms with Crippen LogP contribution in [0.15, 0.2) is 174 Å². The number of amidine groups is 1. The molecule has 5 aromatic carbocycles. The lowest BCUT2D eigenvalue weighted by atomic mass is 9.97. The minimum atomic E-state index is 0.156. The molecule has 0 heterocycles. The maximum atomic E-state index is 5.49. The van der Waals surface area contributed by atoms with Crippen LogP contribution in [-0.4, -0.2) is 18.4 Å². The maximum absolute atomic E-state index is 5.49. The van der Waals surface area contributed by atoms with Crippen LogP contribution in [0.3, 0.4) is 0 Å². The van der Waals surface area contributed by atoms with Gasteiger partial charge in [0, 0.05) is 40.9 Å². The van der Waals surface area contributed by atoms with Crippen LogP contribution in [0.2, 0.25) is 0 Å². The number of para-hydroxylation sites is 2. The monoisotopic (exact) mass is 758 g/mol. The standard InChI is InChI=1S/C50H55N3.2C2H6/c1-7-10-13-21-41(6)51-50(52(35-9-3)46-23-14-11-15-24-46)45-37-42(22-18-20-39(4)19-8-2)36-44(38-45)43-29-33-49(34-30-43)53(47-25-16-12-17-26-47)48-31-27-40(5)28-32-48;2*1-2/h7-8,10-12,14-20,22-34,36-38,41H,9,13,21,35H2,1-6H3;2*1-2H3/b10-7-,19-8-,22-18+,39-20-,51-50?;;. The number of allylic oxidation sites excluding steroid dienone is 7. The Labute approximate surface area is 346 Å². The number of rotatable bonds is 15. The molecule has 298 valence electrons. The molecule has 1 atom stereocenters. The molecule has 0 amide bonds. The van der Waals surface area contributed by atoms with Crippen molar-refractivity contribution in [2.45, 2.75) is 94.5 Å². The molecule has 0 radical (unpaired) electrons. The van der Waals surface area contributed by atoms with Crippen LogP contribution in [0.25, 0.3) is 17.2 Å². The maximum Gasteiger partial charge on any atom is 0.135 e. The average molecular weight is 758 g/mol. The second-order valence-corrected chi connectivity index (χ2v) is 13.6. The Bertz CT molecular complexity index is 2020. The lowest BCUT2D eigenvalue weighted by Gasteiger charge is -2.28. The van der Waals surface area contributed by atoms with E-state index in [4.69, 9.17) is 4.99 Å². The topological polar surface area (TPSA) is 18.8 Å². The Morgan fingerprint density at radius 1 is 0.684 bits per heavy atom. The van der Waals surface area contributed by atoms with Crippen molar-refractivity contribution in [1.82, 2.24) is 0 Å². The quantitative estimate of drug-likeness (QED) is 0.0458. The molecule has 0 saturated heterocycles. The fourth-order valence-corrected chi connectivity index (χ4v) is 6.46. The number of aryl methyl sites for hydroxylation is 1. The molecule has 0 aliphatic carbocycles. The number of anilines is 4. The minimum Gasteiger partial charge on any atom is -0.326 e. The summed E-state index contributed by atoms with van der Waals surface area (Å²) in [5.74, 6) is 1.01. The van der Waals surface area contributed by atoms with Gasteiger partial charge in [-0.05, 0) is 137 Å². The SMILES string of the molecule is C/C=C\CCC(C)N=C(c1cc(/C=C/C=C(C)\C=C/C)cc(-c2ccc(N(c3ccccc3)c3ccc(C)cc3)cc2)c1)N(CCC)c1ccccc1.CC.CC. The summed E-state index contributed by atoms with van der Waals surface area (Å²) in [6.45, 7) is 21.7. The van der Waals surface area contributed by atoms with Crippen LogP contribution < -0.4 is 9.80 Å². The summed E-state index contributed by atoms with van der Waals surface area (Å²) >= 11 is 0. The summed E-state index contributed by atoms with van der Waals surface area (Å²) in [4.78, 5) is 10.2. The van der Waals surface area contributed by atoms with E-state index in [0.29, 0.717) is 0 Å². The number of hydrogen-bond acceptors (Lipinski definition) is 2. The number of aliphatic imine (C=N–C) groups is 1. The van der Waals surface area contributed by atoms with E-state index in [1.165, 1.54) is 11.1 Å². The Hall–Kier alpha value is -5.67. The van der Waals surface area contributed by atoms with E-state index in [1.807, 2.05) is 27.7 Å². The highest BCUT2D eigenvalue weighted by Gasteiger charge is 2.19. The zero-order valence-electron chi connectivity index (χ0n) is 36.4. The van der Waals surface area contributed by atoms with E-state index >= 15 is 0 Å². The van der Waals surface area contributed by atoms with Gasteiger partial charge in [0.1, 0.15) is 5.84 Å². The molecule has 0 aliphatic rings. The van der Waals surface area contributed by atoms with Crippen molar-refractivity contribution in [2.24, 2.45) is 4.99 Å². The van der Waals surface area contributed by atoms with Crippen molar-refractivity contribution in [3.8, 4) is 11.1 Å². The molecule has 1 unspecified atom stereocenters. The molecule has 0 spiro atoms. The van der Waals surface area contributed by atoms with Gasteiger partial charge in [-0.1, -0.05) is 149 Å². The van der Waals surface area contributed by atoms with Gasteiger partial charge >= 0.3 is 0 Å². The van der Waals surface area contributed by atoms with Gasteiger partial charge in [-0.15, -0.1) is 0 Å². The molecule has 0 fully saturated rings. The van der Waals surface area contributed by atoms with Crippen molar-refractivity contribution >= 4 is 34.7 Å². The van der Waals surface area contributed by atoms with Crippen molar-refractivity contribution in [2.75, 3.05) is 16.3 Å². The number of benzene rings is 5. The van der Waals surface area contributed by atoms with Crippen LogP contribution in [0, 0.1) is 6.92 Å². The van der Waals surface area contributed by atoms with Gasteiger partial charge in [-0.25, -0.2) is 0 Å². The van der Waals surface area contributed by atoms with Crippen molar-refractivity contribution in [3.05, 3.63) is 186 Å². The first-order chi connectivity index (χ1) is 27.9. The van der Waals surface area contributed by atoms with Crippen molar-refractivity contribution in [1.29, 1.82) is 0 Å². The van der Waals surface area contributed by atoms with Gasteiger partial charge < -0.3 is 9.80 Å². The average Bonchev–Trinajstić information content (AvgIpc) is 3.25. The number of nitrogens with zero attached hydrogens (tertiary/aromatic N) is 3. The highest BCUT2D eigenvalue weighted by Crippen LogP contribution is 2.36. The molecule has 57 heavy (non-hydrogen) atoms. The fourth-order valence-electron chi connectivity index (χ4n) is 6.46. The smallest absolute Gasteiger partial charge is 0.135 e. The highest BCUT2D eigenvalue weighted by atomic mass is 15.2. The summed E-state index contributed by atoms with van der Waals surface area (Å²) in [6, 6.07) is 46.1. The fraction of sp³-hybridized carbons (Fsp3) is 0.278. The third-order valence-corrected chi connectivity index (χ3v) is 9.16. The van der Waals surface area contributed by atoms with E-state index < -0.39 is 0 Å². The molecule has 0 aromatic heterocycles. The predicted octanol–water partition coefficient (Wildman–Crippen LogP) is 16.1. The van der Waals surface area contributed by atoms with Crippen molar-refractivity contribution in [3.63, 3.8) is 0 Å². The van der Waals surface area contributed by atoms with Crippen LogP contribution in [0.4, 0.5) is 22.7 Å². The van der Waals surface area contributed by atoms with Gasteiger partial charge in [0.15, 0.2) is 0 Å². The second-order valence-electron chi connectivity index (χ2n) is 13.6. The van der Waals surface area contributed by atoms with Gasteiger partial charge in [-0.2, -0.15) is 0 Å². The first-order valence-corrected chi connectivity index (χ1v) is 21.1. The molecule has 0 aliphatic heterocycles. The molecule has 0 N–H and O–H groups in total. The van der Waals surface area contributed by atoms with Gasteiger partial charge in [0.25, 0.3) is 0 Å². The summed E-state index contributed by atoms with van der Waals surface area (Å²) in [5.41, 5.74) is 11.5. The van der Waals surface area contributed by atoms with Crippen molar-refractivity contribution < 1.29 is 0 Å². The van der Waals surface area contributed by atoms with Crippen LogP contribution in [-0.2, 0) is 0 Å². The Morgan fingerprint density at radius 3 is 1.84 bits per heavy atom. The Morgan fingerprint density at radius 2 is 1.26 bits per heavy atom. The largest absolute Gasteiger partial charge is 0.326 e. The Kier molecular flexibility index (Phi) is 20.4. The van der Waals surface area contributed by atoms with Gasteiger partial charge in [0.05, 0.1) is 0 Å². The second kappa shape index (κ2) is 25.5. The third kappa shape index (κ3) is 14.1. The number of hydrogen-bond donors (Lipinski definition) is 0. The first-order valence-electron chi connectivity index (χ1n) is 21.1. The van der Waals surface area contributed by atoms with Crippen LogP contribution in [0.5, 0.6) is 0 Å². The van der Waals surface area contributed by atoms with Gasteiger partial charge in [-0.3, -0.25) is 4.99 Å². The van der Waals surface area contributed by atoms with Crippen LogP contribution in [0.1, 0.15) is 98.3 Å². The summed E-state index contributed by atoms with van der Waals surface area (Å²) < 4.78 is 0. The molecule has 3 nitrogen and oxygen atoms in total. The Balaban J connectivity index is 0.00000211. The summed E-state index contributed by atoms with van der Waals surface area (Å²) in [5, 5.41) is 0. The molecular formula is C54H67N3. The molecule has 5 aromatic rings. The van der Waals surface area contributed by atoms with Gasteiger partial charge in [0.2, 0.25) is 0 Å². The molecular weight excluding hydrogens is 691 g/mol. The van der Waals surface area contributed by atoms with E-state index in [0.717, 1.165) is 76.6 Å². The first kappa shape index (κ1) is 45.7. The minimum absolute atomic E-state index is 0.156. The zero-order valence-corrected chi connectivity index (χ0v) is 36.4. The van der Waals surface area contributed by atoms with E-state index in [-0.39, 0.29) is 6.04 Å². The highest BCUT2D eigenvalue weighted by molar-refractivity contribution is 6.11. The normalized spacial score (nSPS) is 12.2. The van der Waals surface area contributed by atoms with E-state index in [2.05, 4.69) is 221 Å². The zero-order chi connectivity index (χ0) is 41.4. The molecule has 3 heteroatoms. The molecule has 5 rings (SSSR count). The molecule has 0 saturated carbocycles. The summed E-state index contributed by atoms with van der Waals surface area (Å²) in [6.07, 6.45) is 18.1. The van der Waals surface area contributed by atoms with E-state index in [1.54, 1.807) is 0 Å². The van der Waals surface area contributed by atoms with E-state index in [9.17, 15) is 0 Å². The predicted molar refractivity (Wildman–Crippen MR) is 256 cm³/mol. The lowest BCUT2D eigenvalue weighted by Crippen LogP contribution is -2.33. The third-order valence-electron chi connectivity index (χ3n) is 9.16. The molecule has 0 bridgehead atoms. The summed E-state index contributed by atoms with van der Waals surface area (Å²) in [7, 11) is 0. The lowest BCUT2D eigenvalue weighted by molar-refractivity contribution is 0.675.